The van der Waals surface area contributed by atoms with Crippen molar-refractivity contribution < 1.29 is 19.1 Å². The highest BCUT2D eigenvalue weighted by molar-refractivity contribution is 7.09. The molecule has 4 rings (SSSR count). The molecule has 5 N–H and O–H groups in total. The lowest BCUT2D eigenvalue weighted by atomic mass is 9.99. The summed E-state index contributed by atoms with van der Waals surface area (Å²) in [7, 11) is 0. The summed E-state index contributed by atoms with van der Waals surface area (Å²) in [4.78, 5) is 41.2. The van der Waals surface area contributed by atoms with Crippen LogP contribution in [0.4, 0.5) is 11.4 Å². The van der Waals surface area contributed by atoms with E-state index in [1.165, 1.54) is 4.90 Å². The van der Waals surface area contributed by atoms with Crippen molar-refractivity contribution in [3.63, 3.8) is 0 Å². The van der Waals surface area contributed by atoms with Gasteiger partial charge in [-0.05, 0) is 62.3 Å². The van der Waals surface area contributed by atoms with Gasteiger partial charge in [0.1, 0.15) is 10.9 Å². The van der Waals surface area contributed by atoms with E-state index in [1.54, 1.807) is 0 Å². The molecular formula is C27H31N5O4S. The van der Waals surface area contributed by atoms with E-state index < -0.39 is 17.9 Å². The largest absolute Gasteiger partial charge is 0.395 e. The van der Waals surface area contributed by atoms with Crippen molar-refractivity contribution in [1.82, 2.24) is 9.69 Å². The minimum Gasteiger partial charge on any atom is -0.395 e. The fourth-order valence-corrected chi connectivity index (χ4v) is 5.21. The topological polar surface area (TPSA) is 141 Å². The zero-order chi connectivity index (χ0) is 26.7. The van der Waals surface area contributed by atoms with Crippen LogP contribution in [0.15, 0.2) is 42.5 Å². The van der Waals surface area contributed by atoms with Crippen molar-refractivity contribution in [3.8, 4) is 0 Å². The minimum atomic E-state index is -1.02. The van der Waals surface area contributed by atoms with E-state index in [1.807, 2.05) is 63.2 Å². The number of nitrogens with one attached hydrogen (secondary N) is 1. The van der Waals surface area contributed by atoms with Gasteiger partial charge in [-0.2, -0.15) is 4.37 Å². The first-order chi connectivity index (χ1) is 17.7. The number of rotatable bonds is 8. The second kappa shape index (κ2) is 11.1. The van der Waals surface area contributed by atoms with E-state index in [2.05, 4.69) is 9.69 Å². The lowest BCUT2D eigenvalue weighted by molar-refractivity contribution is -0.123. The standard InChI is InChI=1S/C27H31N5O4S/c1-15-6-9-18(10-7-15)23(26(34)30-14-19-5-4-12-36-19)32(20-11-8-16(2)13-17(20)3)27(35)24-21(28)22(25(29)33)31-37-24/h6-11,13,19,23H,4-5,12,14,28H2,1-3H3,(H2,29,33)(H,30,34)/t19-,23-/m0/s1. The Balaban J connectivity index is 1.84. The lowest BCUT2D eigenvalue weighted by Gasteiger charge is -2.32. The first kappa shape index (κ1) is 26.3. The Morgan fingerprint density at radius 3 is 2.43 bits per heavy atom. The third kappa shape index (κ3) is 5.65. The fraction of sp³-hybridized carbons (Fsp3) is 0.333. The summed E-state index contributed by atoms with van der Waals surface area (Å²) in [5.74, 6) is -1.73. The molecule has 1 aromatic heterocycles. The SMILES string of the molecule is Cc1ccc([C@@H](C(=O)NC[C@@H]2CCCO2)N(C(=O)c2snc(C(N)=O)c2N)c2ccc(C)cc2C)cc1. The molecular weight excluding hydrogens is 490 g/mol. The van der Waals surface area contributed by atoms with Crippen LogP contribution in [0.3, 0.4) is 0 Å². The van der Waals surface area contributed by atoms with Crippen molar-refractivity contribution in [2.24, 2.45) is 5.73 Å². The number of nitrogens with two attached hydrogens (primary N) is 2. The quantitative estimate of drug-likeness (QED) is 0.415. The Kier molecular flexibility index (Phi) is 7.89. The predicted molar refractivity (Wildman–Crippen MR) is 144 cm³/mol. The Labute approximate surface area is 220 Å². The monoisotopic (exact) mass is 521 g/mol. The average Bonchev–Trinajstić information content (AvgIpc) is 3.52. The van der Waals surface area contributed by atoms with E-state index in [-0.39, 0.29) is 28.3 Å². The highest BCUT2D eigenvalue weighted by Gasteiger charge is 2.37. The van der Waals surface area contributed by atoms with Crippen LogP contribution in [0.5, 0.6) is 0 Å². The number of amides is 3. The van der Waals surface area contributed by atoms with Gasteiger partial charge in [-0.1, -0.05) is 47.5 Å². The minimum absolute atomic E-state index is 0.0396. The molecule has 0 saturated carbocycles. The summed E-state index contributed by atoms with van der Waals surface area (Å²) in [5, 5.41) is 2.99. The van der Waals surface area contributed by atoms with Gasteiger partial charge in [0.15, 0.2) is 5.69 Å². The molecule has 0 radical (unpaired) electrons. The van der Waals surface area contributed by atoms with Crippen molar-refractivity contribution in [1.29, 1.82) is 0 Å². The van der Waals surface area contributed by atoms with Crippen LogP contribution in [-0.2, 0) is 9.53 Å². The predicted octanol–water partition coefficient (Wildman–Crippen LogP) is 3.43. The van der Waals surface area contributed by atoms with E-state index in [0.717, 1.165) is 41.1 Å². The van der Waals surface area contributed by atoms with Crippen molar-refractivity contribution >= 4 is 40.6 Å². The first-order valence-corrected chi connectivity index (χ1v) is 12.9. The molecule has 0 unspecified atom stereocenters. The summed E-state index contributed by atoms with van der Waals surface area (Å²) < 4.78 is 9.68. The number of carbonyl (C=O) groups is 3. The maximum atomic E-state index is 14.1. The van der Waals surface area contributed by atoms with Gasteiger partial charge in [-0.3, -0.25) is 19.3 Å². The number of nitrogen functional groups attached to an aromatic ring is 1. The fourth-order valence-electron chi connectivity index (χ4n) is 4.46. The highest BCUT2D eigenvalue weighted by atomic mass is 32.1. The molecule has 1 saturated heterocycles. The van der Waals surface area contributed by atoms with Gasteiger partial charge >= 0.3 is 0 Å². The first-order valence-electron chi connectivity index (χ1n) is 12.1. The highest BCUT2D eigenvalue weighted by Crippen LogP contribution is 2.35. The van der Waals surface area contributed by atoms with Crippen molar-refractivity contribution in [2.45, 2.75) is 45.8 Å². The van der Waals surface area contributed by atoms with Crippen LogP contribution < -0.4 is 21.7 Å². The number of aromatic nitrogens is 1. The van der Waals surface area contributed by atoms with E-state index >= 15 is 0 Å². The number of aryl methyl sites for hydroxylation is 3. The second-order valence-electron chi connectivity index (χ2n) is 9.30. The molecule has 1 aliphatic rings. The summed E-state index contributed by atoms with van der Waals surface area (Å²) >= 11 is 0.786. The van der Waals surface area contributed by atoms with Crippen LogP contribution >= 0.6 is 11.5 Å². The van der Waals surface area contributed by atoms with Crippen LogP contribution in [0.2, 0.25) is 0 Å². The summed E-state index contributed by atoms with van der Waals surface area (Å²) in [6, 6.07) is 12.1. The lowest BCUT2D eigenvalue weighted by Crippen LogP contribution is -2.46. The molecule has 1 fully saturated rings. The van der Waals surface area contributed by atoms with Gasteiger partial charge < -0.3 is 21.5 Å². The van der Waals surface area contributed by atoms with Gasteiger partial charge in [0.25, 0.3) is 11.8 Å². The van der Waals surface area contributed by atoms with Crippen molar-refractivity contribution in [2.75, 3.05) is 23.8 Å². The van der Waals surface area contributed by atoms with E-state index in [0.29, 0.717) is 24.4 Å². The van der Waals surface area contributed by atoms with Gasteiger partial charge in [-0.15, -0.1) is 0 Å². The number of hydrogen-bond donors (Lipinski definition) is 3. The second-order valence-corrected chi connectivity index (χ2v) is 10.1. The Hall–Kier alpha value is -3.76. The molecule has 0 aliphatic carbocycles. The maximum Gasteiger partial charge on any atom is 0.273 e. The van der Waals surface area contributed by atoms with E-state index in [9.17, 15) is 14.4 Å². The van der Waals surface area contributed by atoms with Gasteiger partial charge in [0.05, 0.1) is 11.8 Å². The number of nitrogens with zero attached hydrogens (tertiary/aromatic N) is 2. The zero-order valence-corrected chi connectivity index (χ0v) is 21.9. The molecule has 10 heteroatoms. The molecule has 1 aliphatic heterocycles. The normalized spacial score (nSPS) is 15.8. The number of ether oxygens (including phenoxy) is 1. The molecule has 37 heavy (non-hydrogen) atoms. The van der Waals surface area contributed by atoms with Crippen LogP contribution in [0.25, 0.3) is 0 Å². The molecule has 2 aromatic carbocycles. The number of anilines is 2. The summed E-state index contributed by atoms with van der Waals surface area (Å²) in [6.07, 6.45) is 1.74. The third-order valence-corrected chi connectivity index (χ3v) is 7.26. The van der Waals surface area contributed by atoms with Gasteiger partial charge in [0.2, 0.25) is 5.91 Å². The number of benzene rings is 2. The van der Waals surface area contributed by atoms with Gasteiger partial charge in [-0.25, -0.2) is 0 Å². The smallest absolute Gasteiger partial charge is 0.273 e. The Bertz CT molecular complexity index is 1310. The maximum absolute atomic E-state index is 14.1. The molecule has 0 bridgehead atoms. The average molecular weight is 522 g/mol. The Morgan fingerprint density at radius 2 is 1.84 bits per heavy atom. The van der Waals surface area contributed by atoms with Gasteiger partial charge in [0, 0.05) is 18.8 Å². The number of carbonyl (C=O) groups excluding carboxylic acids is 3. The van der Waals surface area contributed by atoms with Crippen LogP contribution in [0, 0.1) is 20.8 Å². The molecule has 3 amide bonds. The molecule has 194 valence electrons. The third-order valence-electron chi connectivity index (χ3n) is 6.41. The van der Waals surface area contributed by atoms with Crippen LogP contribution in [-0.4, -0.2) is 41.4 Å². The van der Waals surface area contributed by atoms with Crippen molar-refractivity contribution in [3.05, 3.63) is 75.3 Å². The zero-order valence-electron chi connectivity index (χ0n) is 21.1. The number of primary amides is 1. The molecule has 9 nitrogen and oxygen atoms in total. The Morgan fingerprint density at radius 1 is 1.14 bits per heavy atom. The summed E-state index contributed by atoms with van der Waals surface area (Å²) in [6.45, 7) is 6.79. The number of hydrogen-bond acceptors (Lipinski definition) is 7. The molecule has 2 atom stereocenters. The van der Waals surface area contributed by atoms with E-state index in [4.69, 9.17) is 16.2 Å². The van der Waals surface area contributed by atoms with Crippen LogP contribution in [0.1, 0.15) is 61.3 Å². The summed E-state index contributed by atoms with van der Waals surface area (Å²) in [5.41, 5.74) is 15.3. The molecule has 2 heterocycles. The molecule has 3 aromatic rings. The molecule has 0 spiro atoms.